The molecule has 0 fully saturated rings. The Balaban J connectivity index is 1.95. The van der Waals surface area contributed by atoms with E-state index in [4.69, 9.17) is 0 Å². The van der Waals surface area contributed by atoms with Crippen molar-refractivity contribution < 1.29 is 23.1 Å². The second-order valence-corrected chi connectivity index (χ2v) is 5.96. The van der Waals surface area contributed by atoms with Gasteiger partial charge >= 0.3 is 6.18 Å². The van der Waals surface area contributed by atoms with Crippen LogP contribution in [0.15, 0.2) is 30.7 Å². The fraction of sp³-hybridized carbons (Fsp3) is 0.333. The molecule has 5 nitrogen and oxygen atoms in total. The third-order valence-corrected chi connectivity index (χ3v) is 3.98. The van der Waals surface area contributed by atoms with Gasteiger partial charge in [0, 0.05) is 17.6 Å². The van der Waals surface area contributed by atoms with Crippen LogP contribution in [0.1, 0.15) is 31.2 Å². The average molecular weight is 325 g/mol. The lowest BCUT2D eigenvalue weighted by molar-refractivity contribution is -0.207. The highest BCUT2D eigenvalue weighted by atomic mass is 19.4. The molecule has 1 unspecified atom stereocenters. The van der Waals surface area contributed by atoms with Gasteiger partial charge < -0.3 is 15.0 Å². The maximum Gasteiger partial charge on any atom is 0.420 e. The minimum Gasteiger partial charge on any atom is -0.378 e. The standard InChI is InChI=1S/C15H14F3N3O2/c1-14(2)9-4-3-8(5-10(9)20-13(14)23)21-6-11(19-7-21)12(22)15(16,17)18/h3-7,12,22H,1-2H3,(H,20,23). The van der Waals surface area contributed by atoms with Crippen LogP contribution < -0.4 is 5.32 Å². The number of nitrogens with zero attached hydrogens (tertiary/aromatic N) is 2. The van der Waals surface area contributed by atoms with Crippen molar-refractivity contribution in [2.24, 2.45) is 0 Å². The molecule has 3 rings (SSSR count). The molecule has 2 heterocycles. The van der Waals surface area contributed by atoms with Gasteiger partial charge in [0.1, 0.15) is 0 Å². The first-order valence-corrected chi connectivity index (χ1v) is 6.86. The van der Waals surface area contributed by atoms with Gasteiger partial charge in [0.25, 0.3) is 0 Å². The average Bonchev–Trinajstić information content (AvgIpc) is 3.01. The highest BCUT2D eigenvalue weighted by Crippen LogP contribution is 2.38. The first-order valence-electron chi connectivity index (χ1n) is 6.86. The molecule has 2 aromatic rings. The zero-order valence-corrected chi connectivity index (χ0v) is 12.3. The normalized spacial score (nSPS) is 17.7. The number of hydrogen-bond donors (Lipinski definition) is 2. The maximum atomic E-state index is 12.5. The van der Waals surface area contributed by atoms with Crippen molar-refractivity contribution >= 4 is 11.6 Å². The van der Waals surface area contributed by atoms with Gasteiger partial charge in [-0.25, -0.2) is 4.98 Å². The number of aromatic nitrogens is 2. The number of benzene rings is 1. The summed E-state index contributed by atoms with van der Waals surface area (Å²) in [6, 6.07) is 5.10. The Bertz CT molecular complexity index is 781. The molecule has 0 saturated carbocycles. The van der Waals surface area contributed by atoms with Gasteiger partial charge in [0.05, 0.1) is 17.4 Å². The lowest BCUT2D eigenvalue weighted by Crippen LogP contribution is -2.26. The molecule has 122 valence electrons. The van der Waals surface area contributed by atoms with E-state index in [9.17, 15) is 23.1 Å². The van der Waals surface area contributed by atoms with Crippen molar-refractivity contribution in [2.75, 3.05) is 5.32 Å². The van der Waals surface area contributed by atoms with Gasteiger partial charge in [0.2, 0.25) is 5.91 Å². The predicted octanol–water partition coefficient (Wildman–Crippen LogP) is 2.70. The van der Waals surface area contributed by atoms with E-state index >= 15 is 0 Å². The molecule has 0 saturated heterocycles. The number of alkyl halides is 3. The zero-order chi connectivity index (χ0) is 17.0. The largest absolute Gasteiger partial charge is 0.420 e. The molecule has 1 aliphatic rings. The van der Waals surface area contributed by atoms with E-state index in [0.717, 1.165) is 11.8 Å². The number of amides is 1. The van der Waals surface area contributed by atoms with Crippen LogP contribution in [0.5, 0.6) is 0 Å². The number of anilines is 1. The number of aliphatic hydroxyl groups is 1. The van der Waals surface area contributed by atoms with E-state index in [1.54, 1.807) is 32.0 Å². The molecule has 23 heavy (non-hydrogen) atoms. The van der Waals surface area contributed by atoms with Crippen LogP contribution in [0.25, 0.3) is 5.69 Å². The molecule has 0 aliphatic carbocycles. The van der Waals surface area contributed by atoms with Crippen LogP contribution in [0.2, 0.25) is 0 Å². The van der Waals surface area contributed by atoms with E-state index in [1.807, 2.05) is 0 Å². The molecule has 2 N–H and O–H groups in total. The SMILES string of the molecule is CC1(C)C(=O)Nc2cc(-n3cnc(C(O)C(F)(F)F)c3)ccc21. The molecule has 1 aliphatic heterocycles. The summed E-state index contributed by atoms with van der Waals surface area (Å²) in [6.07, 6.45) is -5.10. The fourth-order valence-electron chi connectivity index (χ4n) is 2.53. The third-order valence-electron chi connectivity index (χ3n) is 3.98. The van der Waals surface area contributed by atoms with Crippen molar-refractivity contribution in [1.82, 2.24) is 9.55 Å². The van der Waals surface area contributed by atoms with Crippen molar-refractivity contribution in [3.8, 4) is 5.69 Å². The smallest absolute Gasteiger partial charge is 0.378 e. The van der Waals surface area contributed by atoms with Crippen LogP contribution in [0, 0.1) is 0 Å². The van der Waals surface area contributed by atoms with E-state index in [0.29, 0.717) is 11.4 Å². The van der Waals surface area contributed by atoms with E-state index in [1.165, 1.54) is 10.9 Å². The number of halogens is 3. The van der Waals surface area contributed by atoms with Gasteiger partial charge in [-0.1, -0.05) is 6.07 Å². The van der Waals surface area contributed by atoms with Crippen LogP contribution in [-0.2, 0) is 10.2 Å². The summed E-state index contributed by atoms with van der Waals surface area (Å²) < 4.78 is 38.9. The summed E-state index contributed by atoms with van der Waals surface area (Å²) in [5.74, 6) is -0.136. The highest BCUT2D eigenvalue weighted by Gasteiger charge is 2.41. The predicted molar refractivity (Wildman–Crippen MR) is 76.2 cm³/mol. The Morgan fingerprint density at radius 1 is 1.35 bits per heavy atom. The lowest BCUT2D eigenvalue weighted by Gasteiger charge is -2.15. The first kappa shape index (κ1) is 15.5. The Morgan fingerprint density at radius 3 is 2.70 bits per heavy atom. The summed E-state index contributed by atoms with van der Waals surface area (Å²) in [4.78, 5) is 15.5. The van der Waals surface area contributed by atoms with Gasteiger partial charge in [0.15, 0.2) is 6.10 Å². The zero-order valence-electron chi connectivity index (χ0n) is 12.3. The molecule has 1 aromatic carbocycles. The molecule has 0 spiro atoms. The monoisotopic (exact) mass is 325 g/mol. The number of carbonyl (C=O) groups excluding carboxylic acids is 1. The number of hydrogen-bond acceptors (Lipinski definition) is 3. The maximum absolute atomic E-state index is 12.5. The molecular weight excluding hydrogens is 311 g/mol. The minimum atomic E-state index is -4.77. The van der Waals surface area contributed by atoms with Crippen LogP contribution in [-0.4, -0.2) is 26.7 Å². The highest BCUT2D eigenvalue weighted by molar-refractivity contribution is 6.05. The fourth-order valence-corrected chi connectivity index (χ4v) is 2.53. The van der Waals surface area contributed by atoms with E-state index in [-0.39, 0.29) is 5.91 Å². The topological polar surface area (TPSA) is 67.2 Å². The van der Waals surface area contributed by atoms with Crippen molar-refractivity contribution in [1.29, 1.82) is 0 Å². The van der Waals surface area contributed by atoms with Gasteiger partial charge in [-0.2, -0.15) is 13.2 Å². The molecular formula is C15H14F3N3O2. The van der Waals surface area contributed by atoms with Gasteiger partial charge in [-0.3, -0.25) is 4.79 Å². The molecule has 1 atom stereocenters. The Morgan fingerprint density at radius 2 is 2.04 bits per heavy atom. The molecule has 8 heteroatoms. The van der Waals surface area contributed by atoms with Crippen molar-refractivity contribution in [3.05, 3.63) is 42.0 Å². The van der Waals surface area contributed by atoms with Crippen molar-refractivity contribution in [3.63, 3.8) is 0 Å². The number of rotatable bonds is 2. The van der Waals surface area contributed by atoms with E-state index in [2.05, 4.69) is 10.3 Å². The van der Waals surface area contributed by atoms with Gasteiger partial charge in [-0.15, -0.1) is 0 Å². The number of aliphatic hydroxyl groups excluding tert-OH is 1. The molecule has 0 bridgehead atoms. The van der Waals surface area contributed by atoms with Gasteiger partial charge in [-0.05, 0) is 31.5 Å². The van der Waals surface area contributed by atoms with Crippen LogP contribution >= 0.6 is 0 Å². The Kier molecular flexibility index (Phi) is 3.26. The summed E-state index contributed by atoms with van der Waals surface area (Å²) in [5, 5.41) is 12.0. The van der Waals surface area contributed by atoms with Crippen LogP contribution in [0.4, 0.5) is 18.9 Å². The summed E-state index contributed by atoms with van der Waals surface area (Å²) in [7, 11) is 0. The molecule has 1 aromatic heterocycles. The minimum absolute atomic E-state index is 0.136. The van der Waals surface area contributed by atoms with E-state index < -0.39 is 23.4 Å². The Labute approximate surface area is 129 Å². The summed E-state index contributed by atoms with van der Waals surface area (Å²) >= 11 is 0. The quantitative estimate of drug-likeness (QED) is 0.892. The molecule has 0 radical (unpaired) electrons. The molecule has 1 amide bonds. The number of carbonyl (C=O) groups is 1. The van der Waals surface area contributed by atoms with Crippen LogP contribution in [0.3, 0.4) is 0 Å². The van der Waals surface area contributed by atoms with Crippen molar-refractivity contribution in [2.45, 2.75) is 31.5 Å². The second-order valence-electron chi connectivity index (χ2n) is 5.96. The lowest BCUT2D eigenvalue weighted by atomic mass is 9.86. The number of nitrogens with one attached hydrogen (secondary N) is 1. The number of imidazole rings is 1. The third kappa shape index (κ3) is 2.48. The Hall–Kier alpha value is -2.35. The summed E-state index contributed by atoms with van der Waals surface area (Å²) in [6.45, 7) is 3.59. The summed E-state index contributed by atoms with van der Waals surface area (Å²) in [5.41, 5.74) is 0.837. The second kappa shape index (κ2) is 4.82. The number of fused-ring (bicyclic) bond motifs is 1. The first-order chi connectivity index (χ1) is 10.6.